The molecule has 0 aliphatic rings. The number of halogens is 4. The number of nitrogens with one attached hydrogen (secondary N) is 2. The van der Waals surface area contributed by atoms with Gasteiger partial charge in [0.1, 0.15) is 0 Å². The van der Waals surface area contributed by atoms with E-state index < -0.39 is 18.6 Å². The summed E-state index contributed by atoms with van der Waals surface area (Å²) in [6.45, 7) is 1.22. The molecule has 0 saturated carbocycles. The van der Waals surface area contributed by atoms with Crippen molar-refractivity contribution in [1.29, 1.82) is 0 Å². The first kappa shape index (κ1) is 16.0. The van der Waals surface area contributed by atoms with Crippen LogP contribution < -0.4 is 10.6 Å². The van der Waals surface area contributed by atoms with Crippen LogP contribution in [0.15, 0.2) is 28.7 Å². The maximum Gasteiger partial charge on any atom is 0.390 e. The molecule has 0 aromatic heterocycles. The topological polar surface area (TPSA) is 41.1 Å². The molecule has 1 rings (SSSR count). The Labute approximate surface area is 117 Å². The van der Waals surface area contributed by atoms with E-state index >= 15 is 0 Å². The van der Waals surface area contributed by atoms with E-state index in [1.54, 1.807) is 24.3 Å². The van der Waals surface area contributed by atoms with Crippen molar-refractivity contribution in [3.05, 3.63) is 28.7 Å². The van der Waals surface area contributed by atoms with Crippen LogP contribution in [-0.4, -0.2) is 24.7 Å². The van der Waals surface area contributed by atoms with E-state index in [4.69, 9.17) is 0 Å². The molecule has 0 saturated heterocycles. The summed E-state index contributed by atoms with van der Waals surface area (Å²) in [6.07, 6.45) is -5.19. The molecule has 0 aliphatic carbocycles. The second-order valence-corrected chi connectivity index (χ2v) is 4.98. The van der Waals surface area contributed by atoms with Crippen molar-refractivity contribution in [3.8, 4) is 0 Å². The molecular weight excluding hydrogens is 325 g/mol. The lowest BCUT2D eigenvalue weighted by molar-refractivity contribution is -0.139. The van der Waals surface area contributed by atoms with Gasteiger partial charge in [0, 0.05) is 10.5 Å². The zero-order valence-corrected chi connectivity index (χ0v) is 11.8. The Hall–Kier alpha value is -1.08. The molecule has 0 bridgehead atoms. The molecule has 1 aromatic rings. The van der Waals surface area contributed by atoms with E-state index in [0.29, 0.717) is 10.2 Å². The van der Waals surface area contributed by atoms with Gasteiger partial charge in [0.15, 0.2) is 0 Å². The Morgan fingerprint density at radius 1 is 1.37 bits per heavy atom. The van der Waals surface area contributed by atoms with Crippen molar-refractivity contribution in [3.63, 3.8) is 0 Å². The van der Waals surface area contributed by atoms with Gasteiger partial charge in [-0.15, -0.1) is 0 Å². The number of anilines is 1. The van der Waals surface area contributed by atoms with Crippen molar-refractivity contribution >= 4 is 27.5 Å². The van der Waals surface area contributed by atoms with Crippen molar-refractivity contribution in [1.82, 2.24) is 5.32 Å². The van der Waals surface area contributed by atoms with Crippen molar-refractivity contribution in [2.24, 2.45) is 0 Å². The lowest BCUT2D eigenvalue weighted by Gasteiger charge is -2.15. The van der Waals surface area contributed by atoms with E-state index in [-0.39, 0.29) is 12.5 Å². The van der Waals surface area contributed by atoms with Crippen LogP contribution in [0.4, 0.5) is 18.9 Å². The van der Waals surface area contributed by atoms with E-state index in [0.717, 1.165) is 0 Å². The summed E-state index contributed by atoms with van der Waals surface area (Å²) in [6, 6.07) is 6.20. The van der Waals surface area contributed by atoms with Gasteiger partial charge in [-0.05, 0) is 35.0 Å². The van der Waals surface area contributed by atoms with Crippen LogP contribution in [0, 0.1) is 0 Å². The van der Waals surface area contributed by atoms with Crippen LogP contribution in [0.2, 0.25) is 0 Å². The lowest BCUT2D eigenvalue weighted by Crippen LogP contribution is -2.37. The summed E-state index contributed by atoms with van der Waals surface area (Å²) >= 11 is 3.26. The summed E-state index contributed by atoms with van der Waals surface area (Å²) in [5, 5.41) is 5.13. The number of benzene rings is 1. The van der Waals surface area contributed by atoms with Crippen molar-refractivity contribution in [2.45, 2.75) is 25.6 Å². The monoisotopic (exact) mass is 338 g/mol. The van der Waals surface area contributed by atoms with E-state index in [1.807, 2.05) is 0 Å². The van der Waals surface area contributed by atoms with E-state index in [9.17, 15) is 18.0 Å². The molecular formula is C12H14BrF3N2O. The van der Waals surface area contributed by atoms with E-state index in [2.05, 4.69) is 26.6 Å². The lowest BCUT2D eigenvalue weighted by atomic mass is 10.2. The third kappa shape index (κ3) is 6.58. The number of hydrogen-bond acceptors (Lipinski definition) is 2. The standard InChI is InChI=1S/C12H14BrF3N2O/c1-8(6-12(14,15)16)17-7-11(19)18-10-5-3-2-4-9(10)13/h2-5,8,17H,6-7H2,1H3,(H,18,19). The van der Waals surface area contributed by atoms with Gasteiger partial charge < -0.3 is 10.6 Å². The fourth-order valence-electron chi connectivity index (χ4n) is 1.44. The molecule has 2 N–H and O–H groups in total. The third-order valence-electron chi connectivity index (χ3n) is 2.30. The molecule has 0 radical (unpaired) electrons. The molecule has 0 heterocycles. The van der Waals surface area contributed by atoms with Gasteiger partial charge in [0.2, 0.25) is 5.91 Å². The average molecular weight is 339 g/mol. The fourth-order valence-corrected chi connectivity index (χ4v) is 1.83. The first-order valence-electron chi connectivity index (χ1n) is 5.62. The normalized spacial score (nSPS) is 13.1. The second-order valence-electron chi connectivity index (χ2n) is 4.13. The second kappa shape index (κ2) is 6.91. The predicted molar refractivity (Wildman–Crippen MR) is 70.9 cm³/mol. The van der Waals surface area contributed by atoms with Gasteiger partial charge in [0.05, 0.1) is 18.7 Å². The van der Waals surface area contributed by atoms with Gasteiger partial charge in [-0.3, -0.25) is 4.79 Å². The molecule has 3 nitrogen and oxygen atoms in total. The summed E-state index contributed by atoms with van der Waals surface area (Å²) in [4.78, 5) is 11.6. The zero-order valence-electron chi connectivity index (χ0n) is 10.2. The largest absolute Gasteiger partial charge is 0.390 e. The Kier molecular flexibility index (Phi) is 5.81. The number of rotatable bonds is 5. The number of hydrogen-bond donors (Lipinski definition) is 2. The highest BCUT2D eigenvalue weighted by Gasteiger charge is 2.29. The van der Waals surface area contributed by atoms with E-state index in [1.165, 1.54) is 6.92 Å². The molecule has 1 atom stereocenters. The minimum absolute atomic E-state index is 0.168. The summed E-state index contributed by atoms with van der Waals surface area (Å²) in [7, 11) is 0. The van der Waals surface area contributed by atoms with Crippen molar-refractivity contribution < 1.29 is 18.0 Å². The Bertz CT molecular complexity index is 437. The Balaban J connectivity index is 2.38. The molecule has 1 unspecified atom stereocenters. The van der Waals surface area contributed by atoms with Gasteiger partial charge in [-0.1, -0.05) is 12.1 Å². The maximum absolute atomic E-state index is 12.1. The summed E-state index contributed by atoms with van der Waals surface area (Å²) in [5.74, 6) is -0.388. The van der Waals surface area contributed by atoms with Gasteiger partial charge in [-0.25, -0.2) is 0 Å². The highest BCUT2D eigenvalue weighted by molar-refractivity contribution is 9.10. The fraction of sp³-hybridized carbons (Fsp3) is 0.417. The smallest absolute Gasteiger partial charge is 0.324 e. The van der Waals surface area contributed by atoms with Gasteiger partial charge >= 0.3 is 6.18 Å². The summed E-state index contributed by atoms with van der Waals surface area (Å²) < 4.78 is 37.0. The highest BCUT2D eigenvalue weighted by Crippen LogP contribution is 2.22. The van der Waals surface area contributed by atoms with Crippen LogP contribution >= 0.6 is 15.9 Å². The first-order chi connectivity index (χ1) is 8.78. The van der Waals surface area contributed by atoms with Crippen LogP contribution in [-0.2, 0) is 4.79 Å². The number of para-hydroxylation sites is 1. The minimum Gasteiger partial charge on any atom is -0.324 e. The molecule has 19 heavy (non-hydrogen) atoms. The van der Waals surface area contributed by atoms with Crippen LogP contribution in [0.1, 0.15) is 13.3 Å². The van der Waals surface area contributed by atoms with Crippen LogP contribution in [0.25, 0.3) is 0 Å². The molecule has 106 valence electrons. The predicted octanol–water partition coefficient (Wildman–Crippen LogP) is 3.32. The number of carbonyl (C=O) groups excluding carboxylic acids is 1. The van der Waals surface area contributed by atoms with Crippen LogP contribution in [0.3, 0.4) is 0 Å². The Morgan fingerprint density at radius 2 is 2.00 bits per heavy atom. The average Bonchev–Trinajstić information content (AvgIpc) is 2.27. The Morgan fingerprint density at radius 3 is 2.58 bits per heavy atom. The number of alkyl halides is 3. The number of carbonyl (C=O) groups is 1. The molecule has 7 heteroatoms. The summed E-state index contributed by atoms with van der Waals surface area (Å²) in [5.41, 5.74) is 0.581. The number of amides is 1. The first-order valence-corrected chi connectivity index (χ1v) is 6.42. The van der Waals surface area contributed by atoms with Gasteiger partial charge in [0.25, 0.3) is 0 Å². The highest BCUT2D eigenvalue weighted by atomic mass is 79.9. The molecule has 0 spiro atoms. The zero-order chi connectivity index (χ0) is 14.5. The van der Waals surface area contributed by atoms with Crippen molar-refractivity contribution in [2.75, 3.05) is 11.9 Å². The minimum atomic E-state index is -4.23. The van der Waals surface area contributed by atoms with Crippen LogP contribution in [0.5, 0.6) is 0 Å². The molecule has 0 fully saturated rings. The quantitative estimate of drug-likeness (QED) is 0.864. The van der Waals surface area contributed by atoms with Gasteiger partial charge in [-0.2, -0.15) is 13.2 Å². The molecule has 1 amide bonds. The SMILES string of the molecule is CC(CC(F)(F)F)NCC(=O)Nc1ccccc1Br. The maximum atomic E-state index is 12.1. The molecule has 1 aromatic carbocycles. The molecule has 0 aliphatic heterocycles. The third-order valence-corrected chi connectivity index (χ3v) is 2.99.